The zero-order chi connectivity index (χ0) is 16.9. The highest BCUT2D eigenvalue weighted by Crippen LogP contribution is 2.19. The van der Waals surface area contributed by atoms with Gasteiger partial charge in [-0.05, 0) is 31.9 Å². The van der Waals surface area contributed by atoms with E-state index in [1.165, 1.54) is 0 Å². The van der Waals surface area contributed by atoms with Crippen LogP contribution in [0.4, 0.5) is 0 Å². The van der Waals surface area contributed by atoms with E-state index in [1.807, 2.05) is 18.2 Å². The molecule has 1 aromatic heterocycles. The molecule has 1 saturated heterocycles. The van der Waals surface area contributed by atoms with E-state index >= 15 is 0 Å². The molecule has 1 amide bonds. The molecule has 128 valence electrons. The first-order valence-electron chi connectivity index (χ1n) is 8.46. The maximum atomic E-state index is 12.4. The standard InChI is InChI=1S/C18H22N2O4/c1-13(18(22)20-10-6-2-3-7-11-20)23-17(21)12-15-14-8-4-5-9-16(14)24-19-15/h4-5,8-9,13H,2-3,6-7,10-12H2,1H3/t13-/m0/s1. The molecule has 0 spiro atoms. The van der Waals surface area contributed by atoms with E-state index in [4.69, 9.17) is 9.26 Å². The minimum absolute atomic E-state index is 0.00532. The smallest absolute Gasteiger partial charge is 0.312 e. The molecule has 0 N–H and O–H groups in total. The lowest BCUT2D eigenvalue weighted by atomic mass is 10.2. The Morgan fingerprint density at radius 2 is 1.92 bits per heavy atom. The Kier molecular flexibility index (Phi) is 5.13. The van der Waals surface area contributed by atoms with Crippen molar-refractivity contribution in [2.24, 2.45) is 0 Å². The first-order chi connectivity index (χ1) is 11.6. The monoisotopic (exact) mass is 330 g/mol. The van der Waals surface area contributed by atoms with Crippen molar-refractivity contribution >= 4 is 22.8 Å². The Balaban J connectivity index is 1.58. The predicted octanol–water partition coefficient (Wildman–Crippen LogP) is 2.70. The fourth-order valence-corrected chi connectivity index (χ4v) is 3.04. The quantitative estimate of drug-likeness (QED) is 0.806. The van der Waals surface area contributed by atoms with Gasteiger partial charge in [-0.3, -0.25) is 9.59 Å². The first-order valence-corrected chi connectivity index (χ1v) is 8.46. The van der Waals surface area contributed by atoms with E-state index in [1.54, 1.807) is 17.9 Å². The fourth-order valence-electron chi connectivity index (χ4n) is 3.04. The van der Waals surface area contributed by atoms with Gasteiger partial charge in [-0.1, -0.05) is 30.1 Å². The van der Waals surface area contributed by atoms with Crippen molar-refractivity contribution in [1.29, 1.82) is 0 Å². The van der Waals surface area contributed by atoms with E-state index in [2.05, 4.69) is 5.16 Å². The highest BCUT2D eigenvalue weighted by molar-refractivity contribution is 5.86. The van der Waals surface area contributed by atoms with Crippen molar-refractivity contribution in [2.45, 2.75) is 45.1 Å². The largest absolute Gasteiger partial charge is 0.452 e. The van der Waals surface area contributed by atoms with Gasteiger partial charge in [0.1, 0.15) is 5.69 Å². The van der Waals surface area contributed by atoms with Crippen molar-refractivity contribution < 1.29 is 18.8 Å². The molecule has 2 aromatic rings. The van der Waals surface area contributed by atoms with Gasteiger partial charge in [-0.2, -0.15) is 0 Å². The van der Waals surface area contributed by atoms with E-state index in [9.17, 15) is 9.59 Å². The summed E-state index contributed by atoms with van der Waals surface area (Å²) in [6.07, 6.45) is 3.55. The predicted molar refractivity (Wildman–Crippen MR) is 88.3 cm³/mol. The Hall–Kier alpha value is -2.37. The number of nitrogens with zero attached hydrogens (tertiary/aromatic N) is 2. The van der Waals surface area contributed by atoms with Gasteiger partial charge in [0.15, 0.2) is 11.7 Å². The molecule has 0 unspecified atom stereocenters. The van der Waals surface area contributed by atoms with Gasteiger partial charge >= 0.3 is 5.97 Å². The molecule has 0 radical (unpaired) electrons. The molecule has 24 heavy (non-hydrogen) atoms. The number of hydrogen-bond donors (Lipinski definition) is 0. The third kappa shape index (κ3) is 3.75. The molecule has 1 atom stereocenters. The van der Waals surface area contributed by atoms with Crippen LogP contribution in [0.1, 0.15) is 38.3 Å². The number of likely N-dealkylation sites (tertiary alicyclic amines) is 1. The van der Waals surface area contributed by atoms with Crippen molar-refractivity contribution in [3.05, 3.63) is 30.0 Å². The lowest BCUT2D eigenvalue weighted by Crippen LogP contribution is -2.40. The summed E-state index contributed by atoms with van der Waals surface area (Å²) in [5, 5.41) is 4.71. The average Bonchev–Trinajstić information content (AvgIpc) is 2.81. The summed E-state index contributed by atoms with van der Waals surface area (Å²) >= 11 is 0. The number of carbonyl (C=O) groups excluding carboxylic acids is 2. The molecule has 0 saturated carbocycles. The molecule has 1 aliphatic rings. The van der Waals surface area contributed by atoms with Crippen LogP contribution in [-0.4, -0.2) is 41.1 Å². The van der Waals surface area contributed by atoms with Crippen LogP contribution in [-0.2, 0) is 20.7 Å². The Bertz CT molecular complexity index is 717. The lowest BCUT2D eigenvalue weighted by Gasteiger charge is -2.23. The molecule has 0 bridgehead atoms. The Morgan fingerprint density at radius 1 is 1.21 bits per heavy atom. The molecule has 1 aliphatic heterocycles. The number of carbonyl (C=O) groups is 2. The van der Waals surface area contributed by atoms with Crippen LogP contribution in [0.15, 0.2) is 28.8 Å². The van der Waals surface area contributed by atoms with E-state index in [0.29, 0.717) is 11.3 Å². The molecule has 3 rings (SSSR count). The summed E-state index contributed by atoms with van der Waals surface area (Å²) in [6, 6.07) is 7.35. The normalized spacial score (nSPS) is 16.6. The highest BCUT2D eigenvalue weighted by atomic mass is 16.5. The van der Waals surface area contributed by atoms with Crippen LogP contribution < -0.4 is 0 Å². The number of ether oxygens (including phenoxy) is 1. The van der Waals surface area contributed by atoms with Crippen LogP contribution in [0.5, 0.6) is 0 Å². The Labute approximate surface area is 140 Å². The number of para-hydroxylation sites is 1. The van der Waals surface area contributed by atoms with Crippen molar-refractivity contribution in [3.63, 3.8) is 0 Å². The van der Waals surface area contributed by atoms with Gasteiger partial charge in [-0.15, -0.1) is 0 Å². The van der Waals surface area contributed by atoms with Crippen molar-refractivity contribution in [1.82, 2.24) is 10.1 Å². The van der Waals surface area contributed by atoms with Gasteiger partial charge in [0.25, 0.3) is 5.91 Å². The lowest BCUT2D eigenvalue weighted by molar-refractivity contribution is -0.158. The van der Waals surface area contributed by atoms with Crippen molar-refractivity contribution in [2.75, 3.05) is 13.1 Å². The minimum Gasteiger partial charge on any atom is -0.452 e. The summed E-state index contributed by atoms with van der Waals surface area (Å²) in [7, 11) is 0. The van der Waals surface area contributed by atoms with Gasteiger partial charge < -0.3 is 14.2 Å². The van der Waals surface area contributed by atoms with Gasteiger partial charge in [-0.25, -0.2) is 0 Å². The summed E-state index contributed by atoms with van der Waals surface area (Å²) in [5.74, 6) is -0.583. The summed E-state index contributed by atoms with van der Waals surface area (Å²) in [4.78, 5) is 26.4. The molecule has 2 heterocycles. The summed E-state index contributed by atoms with van der Waals surface area (Å²) in [6.45, 7) is 3.12. The maximum absolute atomic E-state index is 12.4. The zero-order valence-corrected chi connectivity index (χ0v) is 13.9. The first kappa shape index (κ1) is 16.5. The maximum Gasteiger partial charge on any atom is 0.312 e. The number of esters is 1. The number of benzene rings is 1. The van der Waals surface area contributed by atoms with Crippen LogP contribution in [0.25, 0.3) is 11.0 Å². The van der Waals surface area contributed by atoms with E-state index in [0.717, 1.165) is 44.2 Å². The SMILES string of the molecule is C[C@H](OC(=O)Cc1noc2ccccc12)C(=O)N1CCCCCC1. The molecular weight excluding hydrogens is 308 g/mol. The van der Waals surface area contributed by atoms with Gasteiger partial charge in [0.2, 0.25) is 0 Å². The molecule has 1 aromatic carbocycles. The number of hydrogen-bond acceptors (Lipinski definition) is 5. The highest BCUT2D eigenvalue weighted by Gasteiger charge is 2.25. The van der Waals surface area contributed by atoms with Crippen molar-refractivity contribution in [3.8, 4) is 0 Å². The van der Waals surface area contributed by atoms with Crippen LogP contribution >= 0.6 is 0 Å². The van der Waals surface area contributed by atoms with E-state index < -0.39 is 12.1 Å². The topological polar surface area (TPSA) is 72.6 Å². The van der Waals surface area contributed by atoms with Crippen LogP contribution in [0, 0.1) is 0 Å². The molecular formula is C18H22N2O4. The van der Waals surface area contributed by atoms with E-state index in [-0.39, 0.29) is 12.3 Å². The summed E-state index contributed by atoms with van der Waals surface area (Å²) in [5.41, 5.74) is 1.17. The third-order valence-electron chi connectivity index (χ3n) is 4.34. The summed E-state index contributed by atoms with van der Waals surface area (Å²) < 4.78 is 10.5. The third-order valence-corrected chi connectivity index (χ3v) is 4.34. The zero-order valence-electron chi connectivity index (χ0n) is 13.9. The molecule has 6 heteroatoms. The average molecular weight is 330 g/mol. The minimum atomic E-state index is -0.770. The van der Waals surface area contributed by atoms with Crippen LogP contribution in [0.2, 0.25) is 0 Å². The fraction of sp³-hybridized carbons (Fsp3) is 0.500. The Morgan fingerprint density at radius 3 is 2.67 bits per heavy atom. The number of amides is 1. The second-order valence-electron chi connectivity index (χ2n) is 6.17. The van der Waals surface area contributed by atoms with Gasteiger partial charge in [0, 0.05) is 18.5 Å². The number of aromatic nitrogens is 1. The second kappa shape index (κ2) is 7.47. The van der Waals surface area contributed by atoms with Crippen LogP contribution in [0.3, 0.4) is 0 Å². The molecule has 0 aliphatic carbocycles. The number of rotatable bonds is 4. The molecule has 6 nitrogen and oxygen atoms in total. The second-order valence-corrected chi connectivity index (χ2v) is 6.17. The van der Waals surface area contributed by atoms with Gasteiger partial charge in [0.05, 0.1) is 6.42 Å². The number of fused-ring (bicyclic) bond motifs is 1. The molecule has 1 fully saturated rings.